The molecule has 0 amide bonds. The van der Waals surface area contributed by atoms with Crippen molar-refractivity contribution in [2.45, 2.75) is 32.8 Å². The maximum atomic E-state index is 5.55. The number of ether oxygens (including phenoxy) is 1. The number of hydrogen-bond donors (Lipinski definition) is 1. The van der Waals surface area contributed by atoms with Gasteiger partial charge in [-0.2, -0.15) is 0 Å². The molecule has 0 spiro atoms. The lowest BCUT2D eigenvalue weighted by molar-refractivity contribution is 0.109. The summed E-state index contributed by atoms with van der Waals surface area (Å²) in [4.78, 5) is 9.46. The SMILES string of the molecule is CCCNc1nc(Cc2ccccc2)nc2c1COCC2. The highest BCUT2D eigenvalue weighted by Crippen LogP contribution is 2.23. The summed E-state index contributed by atoms with van der Waals surface area (Å²) in [5.41, 5.74) is 3.51. The first-order valence-corrected chi connectivity index (χ1v) is 7.61. The van der Waals surface area contributed by atoms with E-state index in [9.17, 15) is 0 Å². The topological polar surface area (TPSA) is 47.0 Å². The normalized spacial score (nSPS) is 13.8. The molecule has 0 radical (unpaired) electrons. The van der Waals surface area contributed by atoms with E-state index in [1.807, 2.05) is 6.07 Å². The van der Waals surface area contributed by atoms with E-state index in [1.165, 1.54) is 5.56 Å². The van der Waals surface area contributed by atoms with Crippen LogP contribution in [0.2, 0.25) is 0 Å². The Morgan fingerprint density at radius 3 is 2.86 bits per heavy atom. The molecule has 0 saturated heterocycles. The van der Waals surface area contributed by atoms with Crippen LogP contribution in [0.25, 0.3) is 0 Å². The lowest BCUT2D eigenvalue weighted by Crippen LogP contribution is -2.18. The van der Waals surface area contributed by atoms with Crippen LogP contribution in [0.1, 0.15) is 36.0 Å². The van der Waals surface area contributed by atoms with Gasteiger partial charge in [-0.05, 0) is 12.0 Å². The lowest BCUT2D eigenvalue weighted by Gasteiger charge is -2.20. The fourth-order valence-corrected chi connectivity index (χ4v) is 2.53. The molecule has 0 saturated carbocycles. The van der Waals surface area contributed by atoms with E-state index < -0.39 is 0 Å². The smallest absolute Gasteiger partial charge is 0.135 e. The zero-order valence-electron chi connectivity index (χ0n) is 12.4. The Bertz CT molecular complexity index is 598. The molecule has 1 aliphatic heterocycles. The number of rotatable bonds is 5. The summed E-state index contributed by atoms with van der Waals surface area (Å²) >= 11 is 0. The van der Waals surface area contributed by atoms with Crippen LogP contribution >= 0.6 is 0 Å². The highest BCUT2D eigenvalue weighted by atomic mass is 16.5. The molecular formula is C17H21N3O. The van der Waals surface area contributed by atoms with Crippen LogP contribution in [-0.2, 0) is 24.2 Å². The molecule has 1 aliphatic rings. The van der Waals surface area contributed by atoms with Gasteiger partial charge in [0.05, 0.1) is 18.9 Å². The van der Waals surface area contributed by atoms with E-state index in [-0.39, 0.29) is 0 Å². The van der Waals surface area contributed by atoms with E-state index in [1.54, 1.807) is 0 Å². The number of nitrogens with zero attached hydrogens (tertiary/aromatic N) is 2. The Labute approximate surface area is 125 Å². The second-order valence-electron chi connectivity index (χ2n) is 5.31. The number of anilines is 1. The van der Waals surface area contributed by atoms with Gasteiger partial charge in [0.15, 0.2) is 0 Å². The number of fused-ring (bicyclic) bond motifs is 1. The van der Waals surface area contributed by atoms with Crippen LogP contribution in [0.4, 0.5) is 5.82 Å². The van der Waals surface area contributed by atoms with Crippen LogP contribution in [-0.4, -0.2) is 23.1 Å². The summed E-state index contributed by atoms with van der Waals surface area (Å²) in [6, 6.07) is 10.4. The molecule has 0 atom stereocenters. The molecule has 1 aromatic carbocycles. The van der Waals surface area contributed by atoms with Gasteiger partial charge in [0.2, 0.25) is 0 Å². The van der Waals surface area contributed by atoms with Crippen molar-refractivity contribution in [2.75, 3.05) is 18.5 Å². The highest BCUT2D eigenvalue weighted by molar-refractivity contribution is 5.47. The van der Waals surface area contributed by atoms with Crippen LogP contribution in [0, 0.1) is 0 Å². The van der Waals surface area contributed by atoms with Crippen molar-refractivity contribution in [1.29, 1.82) is 0 Å². The van der Waals surface area contributed by atoms with Crippen LogP contribution in [0.3, 0.4) is 0 Å². The highest BCUT2D eigenvalue weighted by Gasteiger charge is 2.18. The number of aromatic nitrogens is 2. The largest absolute Gasteiger partial charge is 0.376 e. The van der Waals surface area contributed by atoms with Gasteiger partial charge in [-0.1, -0.05) is 37.3 Å². The maximum Gasteiger partial charge on any atom is 0.135 e. The number of nitrogens with one attached hydrogen (secondary N) is 1. The minimum atomic E-state index is 0.618. The first-order valence-electron chi connectivity index (χ1n) is 7.61. The van der Waals surface area contributed by atoms with E-state index in [2.05, 4.69) is 36.5 Å². The van der Waals surface area contributed by atoms with Gasteiger partial charge in [-0.15, -0.1) is 0 Å². The Morgan fingerprint density at radius 2 is 2.05 bits per heavy atom. The van der Waals surface area contributed by atoms with Gasteiger partial charge in [-0.3, -0.25) is 0 Å². The molecule has 21 heavy (non-hydrogen) atoms. The quantitative estimate of drug-likeness (QED) is 0.916. The van der Waals surface area contributed by atoms with Crippen LogP contribution in [0.15, 0.2) is 30.3 Å². The summed E-state index contributed by atoms with van der Waals surface area (Å²) in [6.45, 7) is 4.45. The lowest BCUT2D eigenvalue weighted by atomic mass is 10.1. The first kappa shape index (κ1) is 14.0. The third kappa shape index (κ3) is 3.39. The molecular weight excluding hydrogens is 262 g/mol. The van der Waals surface area contributed by atoms with E-state index in [4.69, 9.17) is 14.7 Å². The molecule has 3 rings (SSSR count). The molecule has 2 heterocycles. The van der Waals surface area contributed by atoms with Crippen molar-refractivity contribution in [1.82, 2.24) is 9.97 Å². The van der Waals surface area contributed by atoms with Crippen LogP contribution in [0.5, 0.6) is 0 Å². The second kappa shape index (κ2) is 6.68. The van der Waals surface area contributed by atoms with E-state index in [0.29, 0.717) is 6.61 Å². The molecule has 110 valence electrons. The van der Waals surface area contributed by atoms with Gasteiger partial charge in [0, 0.05) is 24.9 Å². The monoisotopic (exact) mass is 283 g/mol. The predicted octanol–water partition coefficient (Wildman–Crippen LogP) is 2.96. The fourth-order valence-electron chi connectivity index (χ4n) is 2.53. The summed E-state index contributed by atoms with van der Waals surface area (Å²) in [5.74, 6) is 1.84. The molecule has 4 nitrogen and oxygen atoms in total. The molecule has 0 aliphatic carbocycles. The molecule has 1 aromatic heterocycles. The van der Waals surface area contributed by atoms with Crippen molar-refractivity contribution in [2.24, 2.45) is 0 Å². The molecule has 2 aromatic rings. The van der Waals surface area contributed by atoms with Crippen molar-refractivity contribution in [3.8, 4) is 0 Å². The molecule has 4 heteroatoms. The van der Waals surface area contributed by atoms with Gasteiger partial charge in [0.25, 0.3) is 0 Å². The third-order valence-corrected chi connectivity index (χ3v) is 3.62. The summed E-state index contributed by atoms with van der Waals surface area (Å²) < 4.78 is 5.55. The fraction of sp³-hybridized carbons (Fsp3) is 0.412. The van der Waals surface area contributed by atoms with E-state index >= 15 is 0 Å². The average molecular weight is 283 g/mol. The Kier molecular flexibility index (Phi) is 4.46. The van der Waals surface area contributed by atoms with E-state index in [0.717, 1.165) is 55.3 Å². The maximum absolute atomic E-state index is 5.55. The predicted molar refractivity (Wildman–Crippen MR) is 83.4 cm³/mol. The van der Waals surface area contributed by atoms with Crippen molar-refractivity contribution >= 4 is 5.82 Å². The summed E-state index contributed by atoms with van der Waals surface area (Å²) in [5, 5.41) is 3.42. The Balaban J connectivity index is 1.90. The summed E-state index contributed by atoms with van der Waals surface area (Å²) in [7, 11) is 0. The van der Waals surface area contributed by atoms with Gasteiger partial charge >= 0.3 is 0 Å². The third-order valence-electron chi connectivity index (χ3n) is 3.62. The Hall–Kier alpha value is -1.94. The molecule has 0 fully saturated rings. The molecule has 1 N–H and O–H groups in total. The molecule has 0 bridgehead atoms. The van der Waals surface area contributed by atoms with Gasteiger partial charge in [-0.25, -0.2) is 9.97 Å². The minimum Gasteiger partial charge on any atom is -0.376 e. The second-order valence-corrected chi connectivity index (χ2v) is 5.31. The van der Waals surface area contributed by atoms with Crippen molar-refractivity contribution < 1.29 is 4.74 Å². The van der Waals surface area contributed by atoms with Gasteiger partial charge < -0.3 is 10.1 Å². The standard InChI is InChI=1S/C17H21N3O/c1-2-9-18-17-14-12-21-10-8-15(14)19-16(20-17)11-13-6-4-3-5-7-13/h3-7H,2,8-12H2,1H3,(H,18,19,20). The number of hydrogen-bond acceptors (Lipinski definition) is 4. The number of benzene rings is 1. The molecule has 0 unspecified atom stereocenters. The summed E-state index contributed by atoms with van der Waals surface area (Å²) in [6.07, 6.45) is 2.73. The Morgan fingerprint density at radius 1 is 1.19 bits per heavy atom. The van der Waals surface area contributed by atoms with Crippen LogP contribution < -0.4 is 5.32 Å². The minimum absolute atomic E-state index is 0.618. The zero-order chi connectivity index (χ0) is 14.5. The average Bonchev–Trinajstić information content (AvgIpc) is 2.53. The first-order chi connectivity index (χ1) is 10.4. The van der Waals surface area contributed by atoms with Crippen molar-refractivity contribution in [3.63, 3.8) is 0 Å². The van der Waals surface area contributed by atoms with Gasteiger partial charge in [0.1, 0.15) is 11.6 Å². The zero-order valence-corrected chi connectivity index (χ0v) is 12.4. The van der Waals surface area contributed by atoms with Crippen molar-refractivity contribution in [3.05, 3.63) is 53.0 Å².